The lowest BCUT2D eigenvalue weighted by molar-refractivity contribution is 0.306. The minimum Gasteiger partial charge on any atom is -0.489 e. The summed E-state index contributed by atoms with van der Waals surface area (Å²) in [4.78, 5) is 0. The van der Waals surface area contributed by atoms with Crippen molar-refractivity contribution >= 4 is 10.9 Å². The van der Waals surface area contributed by atoms with E-state index in [4.69, 9.17) is 10.5 Å². The van der Waals surface area contributed by atoms with Crippen LogP contribution in [0.15, 0.2) is 48.5 Å². The zero-order valence-electron chi connectivity index (χ0n) is 14.2. The Morgan fingerprint density at radius 3 is 2.75 bits per heavy atom. The highest BCUT2D eigenvalue weighted by molar-refractivity contribution is 5.87. The zero-order valence-corrected chi connectivity index (χ0v) is 14.2. The van der Waals surface area contributed by atoms with Crippen LogP contribution in [0.3, 0.4) is 0 Å². The van der Waals surface area contributed by atoms with Crippen molar-refractivity contribution in [1.29, 1.82) is 0 Å². The molecule has 0 amide bonds. The molecule has 0 aliphatic heterocycles. The molecule has 1 aliphatic carbocycles. The molecule has 1 heterocycles. The highest BCUT2D eigenvalue weighted by atomic mass is 16.5. The molecule has 24 heavy (non-hydrogen) atoms. The van der Waals surface area contributed by atoms with Crippen LogP contribution in [0.1, 0.15) is 23.2 Å². The molecule has 1 aromatic heterocycles. The molecule has 0 spiro atoms. The van der Waals surface area contributed by atoms with Gasteiger partial charge in [0.15, 0.2) is 0 Å². The lowest BCUT2D eigenvalue weighted by Gasteiger charge is -2.10. The maximum Gasteiger partial charge on any atom is 0.120 e. The number of nitrogens with zero attached hydrogens (tertiary/aromatic N) is 1. The number of nitrogens with two attached hydrogens (primary N) is 1. The predicted molar refractivity (Wildman–Crippen MR) is 98.3 cm³/mol. The monoisotopic (exact) mass is 320 g/mol. The van der Waals surface area contributed by atoms with Crippen LogP contribution in [0.4, 0.5) is 0 Å². The van der Waals surface area contributed by atoms with Gasteiger partial charge in [0.05, 0.1) is 0 Å². The highest BCUT2D eigenvalue weighted by Crippen LogP contribution is 2.37. The second-order valence-electron chi connectivity index (χ2n) is 6.79. The van der Waals surface area contributed by atoms with E-state index in [1.165, 1.54) is 27.7 Å². The van der Waals surface area contributed by atoms with Crippen LogP contribution >= 0.6 is 0 Å². The van der Waals surface area contributed by atoms with Gasteiger partial charge in [0.2, 0.25) is 0 Å². The third kappa shape index (κ3) is 2.69. The van der Waals surface area contributed by atoms with Gasteiger partial charge >= 0.3 is 0 Å². The molecule has 0 fully saturated rings. The first-order valence-corrected chi connectivity index (χ1v) is 8.73. The summed E-state index contributed by atoms with van der Waals surface area (Å²) in [5.74, 6) is 1.64. The van der Waals surface area contributed by atoms with Crippen LogP contribution in [0.5, 0.6) is 5.75 Å². The third-order valence-electron chi connectivity index (χ3n) is 5.21. The molecule has 3 nitrogen and oxygen atoms in total. The Balaban J connectivity index is 1.60. The SMILES string of the molecule is Cn1c2c(c3cc(OCc4ccccc4)ccc31)CC(CCN)C2. The van der Waals surface area contributed by atoms with E-state index in [1.54, 1.807) is 0 Å². The number of rotatable bonds is 5. The van der Waals surface area contributed by atoms with E-state index in [2.05, 4.69) is 41.9 Å². The van der Waals surface area contributed by atoms with Crippen LogP contribution < -0.4 is 10.5 Å². The Morgan fingerprint density at radius 2 is 1.96 bits per heavy atom. The van der Waals surface area contributed by atoms with Crippen molar-refractivity contribution < 1.29 is 4.74 Å². The van der Waals surface area contributed by atoms with E-state index in [0.717, 1.165) is 31.6 Å². The number of fused-ring (bicyclic) bond motifs is 3. The number of hydrogen-bond donors (Lipinski definition) is 1. The van der Waals surface area contributed by atoms with Gasteiger partial charge in [-0.05, 0) is 61.1 Å². The molecular weight excluding hydrogens is 296 g/mol. The molecule has 4 rings (SSSR count). The van der Waals surface area contributed by atoms with Crippen LogP contribution in [-0.4, -0.2) is 11.1 Å². The summed E-state index contributed by atoms with van der Waals surface area (Å²) in [6.07, 6.45) is 3.41. The van der Waals surface area contributed by atoms with Crippen molar-refractivity contribution in [3.63, 3.8) is 0 Å². The van der Waals surface area contributed by atoms with E-state index in [9.17, 15) is 0 Å². The summed E-state index contributed by atoms with van der Waals surface area (Å²) in [7, 11) is 2.18. The average Bonchev–Trinajstić information content (AvgIpc) is 3.13. The van der Waals surface area contributed by atoms with E-state index in [1.807, 2.05) is 18.2 Å². The molecule has 1 aliphatic rings. The van der Waals surface area contributed by atoms with Crippen LogP contribution in [-0.2, 0) is 26.5 Å². The average molecular weight is 320 g/mol. The van der Waals surface area contributed by atoms with Crippen molar-refractivity contribution in [2.45, 2.75) is 25.9 Å². The minimum absolute atomic E-state index is 0.608. The van der Waals surface area contributed by atoms with E-state index in [-0.39, 0.29) is 0 Å². The standard InChI is InChI=1S/C21H24N2O/c1-23-20-8-7-17(24-14-15-5-3-2-4-6-15)13-19(20)18-11-16(9-10-22)12-21(18)23/h2-8,13,16H,9-12,14,22H2,1H3. The van der Waals surface area contributed by atoms with Gasteiger partial charge in [-0.2, -0.15) is 0 Å². The Bertz CT molecular complexity index is 851. The minimum atomic E-state index is 0.608. The van der Waals surface area contributed by atoms with Gasteiger partial charge in [-0.25, -0.2) is 0 Å². The van der Waals surface area contributed by atoms with E-state index < -0.39 is 0 Å². The van der Waals surface area contributed by atoms with Crippen LogP contribution in [0.2, 0.25) is 0 Å². The molecule has 2 aromatic carbocycles. The fourth-order valence-electron chi connectivity index (χ4n) is 3.95. The topological polar surface area (TPSA) is 40.2 Å². The summed E-state index contributed by atoms with van der Waals surface area (Å²) >= 11 is 0. The van der Waals surface area contributed by atoms with Crippen LogP contribution in [0, 0.1) is 5.92 Å². The number of benzene rings is 2. The molecule has 0 bridgehead atoms. The second kappa shape index (κ2) is 6.33. The molecule has 2 N–H and O–H groups in total. The largest absolute Gasteiger partial charge is 0.489 e. The molecule has 1 unspecified atom stereocenters. The fraction of sp³-hybridized carbons (Fsp3) is 0.333. The summed E-state index contributed by atoms with van der Waals surface area (Å²) < 4.78 is 8.36. The van der Waals surface area contributed by atoms with E-state index >= 15 is 0 Å². The summed E-state index contributed by atoms with van der Waals surface area (Å²) in [6.45, 7) is 1.39. The number of hydrogen-bond acceptors (Lipinski definition) is 2. The highest BCUT2D eigenvalue weighted by Gasteiger charge is 2.27. The Kier molecular flexibility index (Phi) is 4.03. The Hall–Kier alpha value is -2.26. The van der Waals surface area contributed by atoms with Gasteiger partial charge in [0.1, 0.15) is 12.4 Å². The van der Waals surface area contributed by atoms with Gasteiger partial charge in [0.25, 0.3) is 0 Å². The van der Waals surface area contributed by atoms with Gasteiger partial charge in [-0.15, -0.1) is 0 Å². The number of aromatic nitrogens is 1. The van der Waals surface area contributed by atoms with Crippen LogP contribution in [0.25, 0.3) is 10.9 Å². The fourth-order valence-corrected chi connectivity index (χ4v) is 3.95. The Labute approximate surface area is 143 Å². The predicted octanol–water partition coefficient (Wildman–Crippen LogP) is 3.82. The first-order chi connectivity index (χ1) is 11.8. The van der Waals surface area contributed by atoms with Crippen molar-refractivity contribution in [2.24, 2.45) is 18.7 Å². The quantitative estimate of drug-likeness (QED) is 0.776. The molecule has 3 aromatic rings. The molecule has 1 atom stereocenters. The third-order valence-corrected chi connectivity index (χ3v) is 5.21. The smallest absolute Gasteiger partial charge is 0.120 e. The number of aryl methyl sites for hydroxylation is 1. The summed E-state index contributed by atoms with van der Waals surface area (Å²) in [6, 6.07) is 16.8. The lowest BCUT2D eigenvalue weighted by Crippen LogP contribution is -2.09. The molecule has 0 saturated carbocycles. The van der Waals surface area contributed by atoms with Crippen molar-refractivity contribution in [1.82, 2.24) is 4.57 Å². The second-order valence-corrected chi connectivity index (χ2v) is 6.79. The normalized spacial score (nSPS) is 16.5. The van der Waals surface area contributed by atoms with Gasteiger partial charge in [-0.3, -0.25) is 0 Å². The molecule has 0 radical (unpaired) electrons. The first kappa shape index (κ1) is 15.3. The Morgan fingerprint density at radius 1 is 1.12 bits per heavy atom. The van der Waals surface area contributed by atoms with Crippen molar-refractivity contribution in [3.05, 3.63) is 65.4 Å². The molecule has 124 valence electrons. The van der Waals surface area contributed by atoms with Gasteiger partial charge in [-0.1, -0.05) is 30.3 Å². The van der Waals surface area contributed by atoms with Crippen molar-refractivity contribution in [3.8, 4) is 5.75 Å². The maximum absolute atomic E-state index is 6.01. The first-order valence-electron chi connectivity index (χ1n) is 8.73. The molecule has 0 saturated heterocycles. The number of ether oxygens (including phenoxy) is 1. The lowest BCUT2D eigenvalue weighted by atomic mass is 10.0. The van der Waals surface area contributed by atoms with Gasteiger partial charge in [0, 0.05) is 23.6 Å². The van der Waals surface area contributed by atoms with Crippen molar-refractivity contribution in [2.75, 3.05) is 6.54 Å². The molecular formula is C21H24N2O. The molecule has 3 heteroatoms. The van der Waals surface area contributed by atoms with Gasteiger partial charge < -0.3 is 15.0 Å². The van der Waals surface area contributed by atoms with E-state index in [0.29, 0.717) is 12.5 Å². The zero-order chi connectivity index (χ0) is 16.5. The summed E-state index contributed by atoms with van der Waals surface area (Å²) in [5, 5.41) is 1.34. The summed E-state index contributed by atoms with van der Waals surface area (Å²) in [5.41, 5.74) is 11.2. The maximum atomic E-state index is 6.01.